The summed E-state index contributed by atoms with van der Waals surface area (Å²) in [6, 6.07) is 13.8. The topological polar surface area (TPSA) is 143 Å². The van der Waals surface area contributed by atoms with E-state index in [1.807, 2.05) is 30.3 Å². The third-order valence-electron chi connectivity index (χ3n) is 14.4. The van der Waals surface area contributed by atoms with Crippen LogP contribution >= 0.6 is 0 Å². The Morgan fingerprint density at radius 1 is 0.902 bits per heavy atom. The van der Waals surface area contributed by atoms with E-state index in [0.717, 1.165) is 130 Å². The summed E-state index contributed by atoms with van der Waals surface area (Å²) in [7, 11) is 0. The highest BCUT2D eigenvalue weighted by Gasteiger charge is 2.41. The number of amides is 3. The number of carbonyl (C=O) groups is 3. The van der Waals surface area contributed by atoms with Crippen molar-refractivity contribution in [2.45, 2.75) is 102 Å². The van der Waals surface area contributed by atoms with Crippen molar-refractivity contribution in [3.8, 4) is 17.1 Å². The molecule has 5 aliphatic heterocycles. The van der Waals surface area contributed by atoms with Crippen LogP contribution in [0.4, 0.5) is 15.9 Å². The lowest BCUT2D eigenvalue weighted by molar-refractivity contribution is -0.136. The lowest BCUT2D eigenvalue weighted by Gasteiger charge is -2.43. The van der Waals surface area contributed by atoms with E-state index in [2.05, 4.69) is 71.1 Å². The number of likely N-dealkylation sites (tertiary alicyclic amines) is 1. The summed E-state index contributed by atoms with van der Waals surface area (Å²) in [6.07, 6.45) is 8.27. The minimum atomic E-state index is -1.13. The molecule has 5 fully saturated rings. The number of H-pyrrole nitrogens is 1. The normalized spacial score (nSPS) is 24.6. The highest BCUT2D eigenvalue weighted by atomic mass is 19.1. The Bertz CT molecular complexity index is 2320. The first kappa shape index (κ1) is 40.0. The number of anilines is 2. The van der Waals surface area contributed by atoms with Crippen LogP contribution in [0, 0.1) is 5.92 Å². The molecule has 4 saturated heterocycles. The predicted molar refractivity (Wildman–Crippen MR) is 230 cm³/mol. The molecule has 14 nitrogen and oxygen atoms in total. The Morgan fingerprint density at radius 3 is 2.49 bits per heavy atom. The summed E-state index contributed by atoms with van der Waals surface area (Å²) in [5.41, 5.74) is 4.00. The second-order valence-electron chi connectivity index (χ2n) is 18.8. The van der Waals surface area contributed by atoms with Gasteiger partial charge in [-0.1, -0.05) is 0 Å². The molecule has 10 rings (SSSR count). The van der Waals surface area contributed by atoms with Gasteiger partial charge in [0.15, 0.2) is 0 Å². The Hall–Kier alpha value is -5.15. The standard InChI is InChI=1S/C46H57FN10O4/c1-30-26-56(40-25-38(48-29-49-40)42-36-24-34(61-45(2)11-12-45)4-6-37(36)51-52-42)22-21-54(30)20-15-46(47)13-18-53(19-14-46)27-31-9-16-55(17-10-31)33-3-5-35-32(23-33)28-57(44(35)60)39-7-8-41(58)50-43(39)59/h3-6,23-25,29-31,39H,7-22,26-28H2,1-2H3,(H,51,52)(H,50,58,59)/t30-,39?/m0/s1. The maximum atomic E-state index is 16.3. The van der Waals surface area contributed by atoms with E-state index in [1.54, 1.807) is 11.2 Å². The molecule has 2 atom stereocenters. The van der Waals surface area contributed by atoms with E-state index >= 15 is 4.39 Å². The van der Waals surface area contributed by atoms with Crippen LogP contribution in [-0.4, -0.2) is 135 Å². The number of piperidine rings is 3. The number of nitrogens with one attached hydrogen (secondary N) is 2. The number of benzene rings is 2. The number of aromatic amines is 1. The van der Waals surface area contributed by atoms with Crippen LogP contribution in [0.1, 0.15) is 87.6 Å². The summed E-state index contributed by atoms with van der Waals surface area (Å²) < 4.78 is 22.5. The van der Waals surface area contributed by atoms with Crippen molar-refractivity contribution in [3.05, 3.63) is 59.9 Å². The van der Waals surface area contributed by atoms with Crippen molar-refractivity contribution in [3.63, 3.8) is 0 Å². The molecule has 0 radical (unpaired) electrons. The van der Waals surface area contributed by atoms with Crippen molar-refractivity contribution in [1.29, 1.82) is 0 Å². The fraction of sp³-hybridized carbons (Fsp3) is 0.565. The molecule has 2 aromatic carbocycles. The van der Waals surface area contributed by atoms with Gasteiger partial charge in [-0.25, -0.2) is 14.4 Å². The zero-order valence-electron chi connectivity index (χ0n) is 35.4. The van der Waals surface area contributed by atoms with Crippen LogP contribution in [0.2, 0.25) is 0 Å². The quantitative estimate of drug-likeness (QED) is 0.189. The summed E-state index contributed by atoms with van der Waals surface area (Å²) in [6.45, 7) is 12.5. The van der Waals surface area contributed by atoms with Gasteiger partial charge in [0, 0.05) is 101 Å². The van der Waals surface area contributed by atoms with Crippen LogP contribution in [0.15, 0.2) is 48.8 Å². The minimum absolute atomic E-state index is 0.0599. The number of hydrogen-bond acceptors (Lipinski definition) is 11. The molecule has 61 heavy (non-hydrogen) atoms. The molecule has 0 spiro atoms. The molecule has 4 aromatic rings. The van der Waals surface area contributed by atoms with Gasteiger partial charge in [-0.2, -0.15) is 5.10 Å². The Balaban J connectivity index is 0.667. The largest absolute Gasteiger partial charge is 0.488 e. The number of fused-ring (bicyclic) bond motifs is 2. The molecule has 6 aliphatic rings. The average molecular weight is 833 g/mol. The van der Waals surface area contributed by atoms with E-state index in [1.165, 1.54) is 0 Å². The van der Waals surface area contributed by atoms with Gasteiger partial charge in [0.05, 0.1) is 11.2 Å². The van der Waals surface area contributed by atoms with Gasteiger partial charge in [-0.3, -0.25) is 29.7 Å². The van der Waals surface area contributed by atoms with Crippen molar-refractivity contribution >= 4 is 40.1 Å². The number of halogens is 1. The van der Waals surface area contributed by atoms with E-state index in [4.69, 9.17) is 4.74 Å². The Morgan fingerprint density at radius 2 is 1.72 bits per heavy atom. The number of nitrogens with zero attached hydrogens (tertiary/aromatic N) is 8. The highest BCUT2D eigenvalue weighted by Crippen LogP contribution is 2.41. The van der Waals surface area contributed by atoms with E-state index in [9.17, 15) is 14.4 Å². The molecule has 2 N–H and O–H groups in total. The lowest BCUT2D eigenvalue weighted by atomic mass is 9.88. The molecule has 1 saturated carbocycles. The van der Waals surface area contributed by atoms with Gasteiger partial charge in [0.25, 0.3) is 5.91 Å². The van der Waals surface area contributed by atoms with Gasteiger partial charge in [0.1, 0.15) is 40.9 Å². The van der Waals surface area contributed by atoms with Gasteiger partial charge < -0.3 is 24.3 Å². The number of hydrogen-bond donors (Lipinski definition) is 2. The third kappa shape index (κ3) is 8.30. The van der Waals surface area contributed by atoms with Crippen molar-refractivity contribution in [2.75, 3.05) is 68.7 Å². The lowest BCUT2D eigenvalue weighted by Crippen LogP contribution is -2.53. The number of alkyl halides is 1. The molecule has 15 heteroatoms. The van der Waals surface area contributed by atoms with E-state index in [-0.39, 0.29) is 35.8 Å². The Kier molecular flexibility index (Phi) is 10.4. The van der Waals surface area contributed by atoms with E-state index in [0.29, 0.717) is 43.7 Å². The second kappa shape index (κ2) is 16.0. The molecule has 7 heterocycles. The fourth-order valence-electron chi connectivity index (χ4n) is 10.2. The number of imide groups is 1. The van der Waals surface area contributed by atoms with Crippen LogP contribution < -0.4 is 19.9 Å². The summed E-state index contributed by atoms with van der Waals surface area (Å²) in [4.78, 5) is 57.8. The number of carbonyl (C=O) groups excluding carboxylic acids is 3. The number of piperazine rings is 1. The summed E-state index contributed by atoms with van der Waals surface area (Å²) in [5.74, 6) is 1.50. The van der Waals surface area contributed by atoms with Gasteiger partial charge in [-0.05, 0) is 113 Å². The van der Waals surface area contributed by atoms with Crippen LogP contribution in [0.5, 0.6) is 5.75 Å². The highest BCUT2D eigenvalue weighted by molar-refractivity contribution is 6.05. The second-order valence-corrected chi connectivity index (χ2v) is 18.8. The minimum Gasteiger partial charge on any atom is -0.488 e. The van der Waals surface area contributed by atoms with Gasteiger partial charge >= 0.3 is 0 Å². The molecular weight excluding hydrogens is 776 g/mol. The average Bonchev–Trinajstić information content (AvgIpc) is 3.69. The third-order valence-corrected chi connectivity index (χ3v) is 14.4. The number of aromatic nitrogens is 4. The summed E-state index contributed by atoms with van der Waals surface area (Å²) >= 11 is 0. The van der Waals surface area contributed by atoms with E-state index < -0.39 is 11.7 Å². The first-order valence-electron chi connectivity index (χ1n) is 22.4. The number of rotatable bonds is 11. The molecule has 2 aromatic heterocycles. The molecule has 1 aliphatic carbocycles. The molecule has 3 amide bonds. The number of ether oxygens (including phenoxy) is 1. The van der Waals surface area contributed by atoms with Gasteiger partial charge in [0.2, 0.25) is 11.8 Å². The van der Waals surface area contributed by atoms with Crippen LogP contribution in [-0.2, 0) is 16.1 Å². The van der Waals surface area contributed by atoms with Crippen LogP contribution in [0.3, 0.4) is 0 Å². The fourth-order valence-corrected chi connectivity index (χ4v) is 10.2. The van der Waals surface area contributed by atoms with Crippen molar-refractivity contribution in [2.24, 2.45) is 5.92 Å². The molecule has 1 unspecified atom stereocenters. The first-order valence-corrected chi connectivity index (χ1v) is 22.4. The van der Waals surface area contributed by atoms with Crippen LogP contribution in [0.25, 0.3) is 22.3 Å². The first-order chi connectivity index (χ1) is 29.5. The Labute approximate surface area is 356 Å². The van der Waals surface area contributed by atoms with Gasteiger partial charge in [-0.15, -0.1) is 0 Å². The maximum absolute atomic E-state index is 16.3. The van der Waals surface area contributed by atoms with Crippen molar-refractivity contribution in [1.82, 2.24) is 40.2 Å². The molecule has 0 bridgehead atoms. The smallest absolute Gasteiger partial charge is 0.255 e. The SMILES string of the molecule is C[C@H]1CN(c2cc(-c3n[nH]c4ccc(OC5(C)CC5)cc34)ncn2)CCN1CCC1(F)CCN(CC2CCN(c3ccc4c(c3)CN(C3CCC(=O)NC3=O)C4=O)CC2)CC1. The monoisotopic (exact) mass is 832 g/mol. The zero-order valence-corrected chi connectivity index (χ0v) is 35.4. The molecule has 322 valence electrons. The zero-order chi connectivity index (χ0) is 41.9. The predicted octanol–water partition coefficient (Wildman–Crippen LogP) is 5.33. The summed E-state index contributed by atoms with van der Waals surface area (Å²) in [5, 5.41) is 11.1. The molecular formula is C46H57FN10O4. The van der Waals surface area contributed by atoms with Crippen molar-refractivity contribution < 1.29 is 23.5 Å². The maximum Gasteiger partial charge on any atom is 0.255 e.